The Balaban J connectivity index is 2.84. The number of carbonyl (C=O) groups is 2. The highest BCUT2D eigenvalue weighted by Gasteiger charge is 2.28. The molecule has 5 nitrogen and oxygen atoms in total. The summed E-state index contributed by atoms with van der Waals surface area (Å²) in [6.07, 6.45) is -0.528. The van der Waals surface area contributed by atoms with Crippen molar-refractivity contribution in [1.29, 1.82) is 5.26 Å². The van der Waals surface area contributed by atoms with E-state index in [1.54, 1.807) is 6.92 Å². The molecule has 0 fully saturated rings. The third-order valence-electron chi connectivity index (χ3n) is 3.15. The van der Waals surface area contributed by atoms with Gasteiger partial charge in [0, 0.05) is 17.9 Å². The number of amides is 1. The van der Waals surface area contributed by atoms with Crippen LogP contribution < -0.4 is 5.32 Å². The molecule has 0 bridgehead atoms. The van der Waals surface area contributed by atoms with Crippen LogP contribution in [0.5, 0.6) is 0 Å². The first-order valence-electron chi connectivity index (χ1n) is 6.57. The lowest BCUT2D eigenvalue weighted by Gasteiger charge is -2.21. The molecule has 22 heavy (non-hydrogen) atoms. The highest BCUT2D eigenvalue weighted by Crippen LogP contribution is 2.14. The number of nitrogens with zero attached hydrogens (tertiary/aromatic N) is 1. The number of methoxy groups -OCH3 is 1. The third-order valence-corrected chi connectivity index (χ3v) is 3.15. The van der Waals surface area contributed by atoms with Crippen LogP contribution in [-0.2, 0) is 20.7 Å². The van der Waals surface area contributed by atoms with Crippen molar-refractivity contribution < 1.29 is 23.1 Å². The lowest BCUT2D eigenvalue weighted by molar-refractivity contribution is -0.146. The van der Waals surface area contributed by atoms with Gasteiger partial charge in [0.2, 0.25) is 5.91 Å². The van der Waals surface area contributed by atoms with E-state index in [1.807, 2.05) is 6.07 Å². The van der Waals surface area contributed by atoms with Gasteiger partial charge >= 0.3 is 5.97 Å². The van der Waals surface area contributed by atoms with Crippen LogP contribution >= 0.6 is 0 Å². The molecule has 0 radical (unpaired) electrons. The summed E-state index contributed by atoms with van der Waals surface area (Å²) in [6, 6.07) is 4.12. The summed E-state index contributed by atoms with van der Waals surface area (Å²) < 4.78 is 31.6. The van der Waals surface area contributed by atoms with E-state index in [0.717, 1.165) is 19.2 Å². The van der Waals surface area contributed by atoms with Gasteiger partial charge in [-0.05, 0) is 12.1 Å². The van der Waals surface area contributed by atoms with E-state index in [-0.39, 0.29) is 12.0 Å². The van der Waals surface area contributed by atoms with Crippen LogP contribution in [0.4, 0.5) is 8.78 Å². The largest absolute Gasteiger partial charge is 0.467 e. The van der Waals surface area contributed by atoms with Crippen molar-refractivity contribution in [2.75, 3.05) is 7.11 Å². The number of ether oxygens (including phenoxy) is 1. The molecule has 0 aliphatic heterocycles. The van der Waals surface area contributed by atoms with Crippen molar-refractivity contribution >= 4 is 11.9 Å². The quantitative estimate of drug-likeness (QED) is 0.811. The van der Waals surface area contributed by atoms with Crippen molar-refractivity contribution in [2.45, 2.75) is 25.8 Å². The van der Waals surface area contributed by atoms with Crippen LogP contribution in [0, 0.1) is 28.9 Å². The maximum atomic E-state index is 13.5. The first-order chi connectivity index (χ1) is 10.4. The average molecular weight is 310 g/mol. The maximum Gasteiger partial charge on any atom is 0.328 e. The Morgan fingerprint density at radius 2 is 1.95 bits per heavy atom. The summed E-state index contributed by atoms with van der Waals surface area (Å²) in [5, 5.41) is 11.0. The van der Waals surface area contributed by atoms with Crippen molar-refractivity contribution in [3.63, 3.8) is 0 Å². The number of esters is 1. The fourth-order valence-electron chi connectivity index (χ4n) is 1.91. The molecule has 0 aliphatic rings. The van der Waals surface area contributed by atoms with Gasteiger partial charge in [-0.25, -0.2) is 13.6 Å². The van der Waals surface area contributed by atoms with Gasteiger partial charge in [-0.1, -0.05) is 13.0 Å². The van der Waals surface area contributed by atoms with E-state index < -0.39 is 41.9 Å². The van der Waals surface area contributed by atoms with Crippen molar-refractivity contribution in [1.82, 2.24) is 5.32 Å². The molecule has 0 saturated carbocycles. The number of benzene rings is 1. The molecular weight excluding hydrogens is 294 g/mol. The van der Waals surface area contributed by atoms with Gasteiger partial charge in [-0.2, -0.15) is 5.26 Å². The highest BCUT2D eigenvalue weighted by atomic mass is 19.1. The smallest absolute Gasteiger partial charge is 0.328 e. The van der Waals surface area contributed by atoms with E-state index >= 15 is 0 Å². The predicted molar refractivity (Wildman–Crippen MR) is 73.4 cm³/mol. The molecule has 0 unspecified atom stereocenters. The van der Waals surface area contributed by atoms with Crippen LogP contribution in [0.1, 0.15) is 18.9 Å². The van der Waals surface area contributed by atoms with E-state index in [2.05, 4.69) is 10.1 Å². The Kier molecular flexibility index (Phi) is 6.45. The second-order valence-corrected chi connectivity index (χ2v) is 4.78. The fourth-order valence-corrected chi connectivity index (χ4v) is 1.91. The minimum absolute atomic E-state index is 0.0219. The molecule has 118 valence electrons. The van der Waals surface area contributed by atoms with Gasteiger partial charge in [0.15, 0.2) is 0 Å². The molecule has 1 aromatic carbocycles. The van der Waals surface area contributed by atoms with Gasteiger partial charge in [-0.15, -0.1) is 0 Å². The van der Waals surface area contributed by atoms with Gasteiger partial charge in [0.05, 0.1) is 19.6 Å². The third kappa shape index (κ3) is 4.52. The van der Waals surface area contributed by atoms with Crippen LogP contribution in [0.3, 0.4) is 0 Å². The molecule has 0 aromatic heterocycles. The van der Waals surface area contributed by atoms with E-state index in [9.17, 15) is 18.4 Å². The molecule has 0 aliphatic carbocycles. The second kappa shape index (κ2) is 8.08. The molecule has 2 atom stereocenters. The molecule has 0 heterocycles. The summed E-state index contributed by atoms with van der Waals surface area (Å²) in [7, 11) is 1.15. The van der Waals surface area contributed by atoms with Crippen LogP contribution in [0.2, 0.25) is 0 Å². The molecule has 1 N–H and O–H groups in total. The molecular formula is C15H16F2N2O3. The minimum atomic E-state index is -1.05. The predicted octanol–water partition coefficient (Wildman–Crippen LogP) is 1.71. The Bertz CT molecular complexity index is 579. The minimum Gasteiger partial charge on any atom is -0.467 e. The first-order valence-corrected chi connectivity index (χ1v) is 6.57. The van der Waals surface area contributed by atoms with Gasteiger partial charge < -0.3 is 10.1 Å². The highest BCUT2D eigenvalue weighted by molar-refractivity contribution is 5.85. The standard InChI is InChI=1S/C15H16F2N2O3/c1-9(6-7-18)14(15(21)22-2)19-13(20)8-10-11(16)4-3-5-12(10)17/h3-5,9,14H,6,8H2,1-2H3,(H,19,20)/t9-,14-/m0/s1. The Hall–Kier alpha value is -2.49. The molecule has 0 saturated heterocycles. The van der Waals surface area contributed by atoms with Crippen molar-refractivity contribution in [3.05, 3.63) is 35.4 Å². The van der Waals surface area contributed by atoms with Gasteiger partial charge in [0.1, 0.15) is 17.7 Å². The summed E-state index contributed by atoms with van der Waals surface area (Å²) in [5.41, 5.74) is -0.378. The fraction of sp³-hybridized carbons (Fsp3) is 0.400. The number of hydrogen-bond acceptors (Lipinski definition) is 4. The summed E-state index contributed by atoms with van der Waals surface area (Å²) in [5.74, 6) is -3.62. The average Bonchev–Trinajstić information content (AvgIpc) is 2.48. The number of nitrogens with one attached hydrogen (secondary N) is 1. The topological polar surface area (TPSA) is 79.2 Å². The number of nitriles is 1. The van der Waals surface area contributed by atoms with E-state index in [4.69, 9.17) is 5.26 Å². The Morgan fingerprint density at radius 1 is 1.36 bits per heavy atom. The zero-order valence-electron chi connectivity index (χ0n) is 12.2. The second-order valence-electron chi connectivity index (χ2n) is 4.78. The van der Waals surface area contributed by atoms with Crippen molar-refractivity contribution in [2.24, 2.45) is 5.92 Å². The number of halogens is 2. The van der Waals surface area contributed by atoms with Crippen LogP contribution in [0.15, 0.2) is 18.2 Å². The molecule has 7 heteroatoms. The SMILES string of the molecule is COC(=O)[C@@H](NC(=O)Cc1c(F)cccc1F)[C@@H](C)CC#N. The monoisotopic (exact) mass is 310 g/mol. The summed E-state index contributed by atoms with van der Waals surface area (Å²) in [4.78, 5) is 23.6. The summed E-state index contributed by atoms with van der Waals surface area (Å²) in [6.45, 7) is 1.59. The van der Waals surface area contributed by atoms with Crippen LogP contribution in [0.25, 0.3) is 0 Å². The van der Waals surface area contributed by atoms with Gasteiger partial charge in [0.25, 0.3) is 0 Å². The van der Waals surface area contributed by atoms with Gasteiger partial charge in [-0.3, -0.25) is 4.79 Å². The number of carbonyl (C=O) groups excluding carboxylic acids is 2. The summed E-state index contributed by atoms with van der Waals surface area (Å²) >= 11 is 0. The molecule has 0 spiro atoms. The van der Waals surface area contributed by atoms with Crippen LogP contribution in [-0.4, -0.2) is 25.0 Å². The Morgan fingerprint density at radius 3 is 2.45 bits per heavy atom. The number of rotatable bonds is 6. The molecule has 1 aromatic rings. The zero-order chi connectivity index (χ0) is 16.7. The molecule has 1 rings (SSSR count). The first kappa shape index (κ1) is 17.6. The Labute approximate surface area is 126 Å². The lowest BCUT2D eigenvalue weighted by Crippen LogP contribution is -2.46. The zero-order valence-corrected chi connectivity index (χ0v) is 12.2. The van der Waals surface area contributed by atoms with E-state index in [1.165, 1.54) is 6.07 Å². The lowest BCUT2D eigenvalue weighted by atomic mass is 9.98. The van der Waals surface area contributed by atoms with E-state index in [0.29, 0.717) is 0 Å². The molecule has 1 amide bonds. The maximum absolute atomic E-state index is 13.5. The normalized spacial score (nSPS) is 12.9. The number of hydrogen-bond donors (Lipinski definition) is 1. The van der Waals surface area contributed by atoms with Crippen molar-refractivity contribution in [3.8, 4) is 6.07 Å².